The van der Waals surface area contributed by atoms with Crippen molar-refractivity contribution < 1.29 is 18.7 Å². The number of hydrogen-bond donors (Lipinski definition) is 2. The Balaban J connectivity index is 1.84. The van der Waals surface area contributed by atoms with E-state index in [0.717, 1.165) is 5.56 Å². The molecule has 0 aliphatic carbocycles. The highest BCUT2D eigenvalue weighted by molar-refractivity contribution is 5.93. The zero-order valence-corrected chi connectivity index (χ0v) is 13.8. The van der Waals surface area contributed by atoms with Crippen LogP contribution in [0.1, 0.15) is 18.1 Å². The first kappa shape index (κ1) is 18.2. The van der Waals surface area contributed by atoms with Gasteiger partial charge in [0.25, 0.3) is 5.91 Å². The first-order valence-electron chi connectivity index (χ1n) is 7.81. The summed E-state index contributed by atoms with van der Waals surface area (Å²) in [7, 11) is 0. The van der Waals surface area contributed by atoms with Crippen LogP contribution in [0.25, 0.3) is 6.08 Å². The fraction of sp³-hybridized carbons (Fsp3) is 0.158. The molecular weight excluding hydrogens is 323 g/mol. The number of hydrogen-bond acceptors (Lipinski definition) is 3. The third-order valence-electron chi connectivity index (χ3n) is 3.24. The minimum Gasteiger partial charge on any atom is -0.493 e. The highest BCUT2D eigenvalue weighted by atomic mass is 19.1. The normalized spacial score (nSPS) is 10.5. The number of carbonyl (C=O) groups excluding carboxylic acids is 2. The highest BCUT2D eigenvalue weighted by Gasteiger charge is 2.05. The molecule has 0 atom stereocenters. The van der Waals surface area contributed by atoms with Crippen LogP contribution in [-0.2, 0) is 16.0 Å². The maximum atomic E-state index is 12.8. The zero-order valence-electron chi connectivity index (χ0n) is 13.8. The topological polar surface area (TPSA) is 67.4 Å². The minimum atomic E-state index is -0.473. The lowest BCUT2D eigenvalue weighted by Crippen LogP contribution is -2.41. The summed E-state index contributed by atoms with van der Waals surface area (Å²) >= 11 is 0. The van der Waals surface area contributed by atoms with Crippen molar-refractivity contribution in [2.24, 2.45) is 0 Å². The molecule has 0 saturated heterocycles. The number of benzene rings is 2. The van der Waals surface area contributed by atoms with Crippen LogP contribution in [0.2, 0.25) is 0 Å². The van der Waals surface area contributed by atoms with Crippen LogP contribution in [0.5, 0.6) is 5.75 Å². The van der Waals surface area contributed by atoms with E-state index in [2.05, 4.69) is 10.9 Å². The van der Waals surface area contributed by atoms with Gasteiger partial charge in [0, 0.05) is 11.6 Å². The predicted molar refractivity (Wildman–Crippen MR) is 93.0 cm³/mol. The summed E-state index contributed by atoms with van der Waals surface area (Å²) in [6.45, 7) is 2.40. The van der Waals surface area contributed by atoms with E-state index >= 15 is 0 Å². The van der Waals surface area contributed by atoms with Crippen LogP contribution in [0, 0.1) is 5.82 Å². The predicted octanol–water partition coefficient (Wildman–Crippen LogP) is 2.63. The van der Waals surface area contributed by atoms with Crippen molar-refractivity contribution in [2.75, 3.05) is 6.61 Å². The van der Waals surface area contributed by atoms with Crippen LogP contribution in [0.15, 0.2) is 54.6 Å². The first-order valence-corrected chi connectivity index (χ1v) is 7.81. The molecule has 2 amide bonds. The van der Waals surface area contributed by atoms with Gasteiger partial charge in [-0.3, -0.25) is 20.4 Å². The molecule has 0 fully saturated rings. The maximum Gasteiger partial charge on any atom is 0.262 e. The monoisotopic (exact) mass is 342 g/mol. The van der Waals surface area contributed by atoms with Gasteiger partial charge in [0.15, 0.2) is 0 Å². The highest BCUT2D eigenvalue weighted by Crippen LogP contribution is 2.19. The molecule has 2 aromatic rings. The van der Waals surface area contributed by atoms with Crippen molar-refractivity contribution >= 4 is 17.9 Å². The van der Waals surface area contributed by atoms with Gasteiger partial charge in [0.05, 0.1) is 13.0 Å². The Morgan fingerprint density at radius 3 is 2.52 bits per heavy atom. The van der Waals surface area contributed by atoms with Gasteiger partial charge in [-0.15, -0.1) is 0 Å². The standard InChI is InChI=1S/C19H19FN2O3/c1-2-25-17-6-4-3-5-15(17)9-12-18(23)21-22-19(24)13-14-7-10-16(20)11-8-14/h3-12H,2,13H2,1H3,(H,21,23)(H,22,24)/b12-9+. The molecule has 0 bridgehead atoms. The number of halogens is 1. The van der Waals surface area contributed by atoms with Crippen LogP contribution >= 0.6 is 0 Å². The summed E-state index contributed by atoms with van der Waals surface area (Å²) in [6, 6.07) is 12.9. The van der Waals surface area contributed by atoms with E-state index in [0.29, 0.717) is 17.9 Å². The molecule has 0 aromatic heterocycles. The second kappa shape index (κ2) is 9.22. The average Bonchev–Trinajstić information content (AvgIpc) is 2.61. The molecule has 0 spiro atoms. The molecule has 6 heteroatoms. The third-order valence-corrected chi connectivity index (χ3v) is 3.24. The number of ether oxygens (including phenoxy) is 1. The molecule has 5 nitrogen and oxygen atoms in total. The fourth-order valence-corrected chi connectivity index (χ4v) is 2.08. The van der Waals surface area contributed by atoms with Gasteiger partial charge < -0.3 is 4.74 Å². The smallest absolute Gasteiger partial charge is 0.262 e. The van der Waals surface area contributed by atoms with Crippen LogP contribution in [0.4, 0.5) is 4.39 Å². The molecule has 0 unspecified atom stereocenters. The summed E-state index contributed by atoms with van der Waals surface area (Å²) in [5.41, 5.74) is 6.01. The van der Waals surface area contributed by atoms with E-state index in [1.807, 2.05) is 31.2 Å². The molecule has 25 heavy (non-hydrogen) atoms. The molecule has 2 aromatic carbocycles. The molecule has 0 aliphatic heterocycles. The Bertz CT molecular complexity index is 758. The molecule has 2 N–H and O–H groups in total. The molecule has 0 aliphatic rings. The molecule has 0 radical (unpaired) electrons. The minimum absolute atomic E-state index is 0.0391. The lowest BCUT2D eigenvalue weighted by molar-refractivity contribution is -0.126. The number of nitrogens with one attached hydrogen (secondary N) is 2. The third kappa shape index (κ3) is 6.10. The second-order valence-electron chi connectivity index (χ2n) is 5.14. The van der Waals surface area contributed by atoms with Crippen molar-refractivity contribution in [3.63, 3.8) is 0 Å². The molecule has 2 rings (SSSR count). The van der Waals surface area contributed by atoms with E-state index in [1.54, 1.807) is 6.08 Å². The van der Waals surface area contributed by atoms with Gasteiger partial charge in [-0.25, -0.2) is 4.39 Å². The van der Waals surface area contributed by atoms with Gasteiger partial charge in [-0.2, -0.15) is 0 Å². The van der Waals surface area contributed by atoms with Crippen LogP contribution < -0.4 is 15.6 Å². The van der Waals surface area contributed by atoms with Gasteiger partial charge in [0.1, 0.15) is 11.6 Å². The number of rotatable bonds is 6. The zero-order chi connectivity index (χ0) is 18.1. The molecule has 0 heterocycles. The second-order valence-corrected chi connectivity index (χ2v) is 5.14. The number of amides is 2. The van der Waals surface area contributed by atoms with E-state index in [9.17, 15) is 14.0 Å². The quantitative estimate of drug-likeness (QED) is 0.626. The summed E-state index contributed by atoms with van der Waals surface area (Å²) in [5.74, 6) is -0.564. The van der Waals surface area contributed by atoms with Crippen molar-refractivity contribution in [3.05, 3.63) is 71.6 Å². The van der Waals surface area contributed by atoms with Gasteiger partial charge in [-0.1, -0.05) is 30.3 Å². The number of hydrazine groups is 1. The Morgan fingerprint density at radius 1 is 1.08 bits per heavy atom. The maximum absolute atomic E-state index is 12.8. The Hall–Kier alpha value is -3.15. The average molecular weight is 342 g/mol. The van der Waals surface area contributed by atoms with Gasteiger partial charge in [-0.05, 0) is 36.8 Å². The SMILES string of the molecule is CCOc1ccccc1/C=C/C(=O)NNC(=O)Cc1ccc(F)cc1. The van der Waals surface area contributed by atoms with E-state index in [4.69, 9.17) is 4.74 Å². The van der Waals surface area contributed by atoms with Crippen LogP contribution in [-0.4, -0.2) is 18.4 Å². The van der Waals surface area contributed by atoms with Gasteiger partial charge >= 0.3 is 0 Å². The van der Waals surface area contributed by atoms with Gasteiger partial charge in [0.2, 0.25) is 5.91 Å². The summed E-state index contributed by atoms with van der Waals surface area (Å²) in [6.07, 6.45) is 2.94. The van der Waals surface area contributed by atoms with E-state index < -0.39 is 11.8 Å². The number of carbonyl (C=O) groups is 2. The van der Waals surface area contributed by atoms with E-state index in [-0.39, 0.29) is 12.2 Å². The first-order chi connectivity index (χ1) is 12.1. The number of para-hydroxylation sites is 1. The van der Waals surface area contributed by atoms with Crippen molar-refractivity contribution in [3.8, 4) is 5.75 Å². The Labute approximate surface area is 145 Å². The van der Waals surface area contributed by atoms with Crippen molar-refractivity contribution in [1.29, 1.82) is 0 Å². The molecular formula is C19H19FN2O3. The Kier molecular flexibility index (Phi) is 6.71. The lowest BCUT2D eigenvalue weighted by Gasteiger charge is -2.07. The summed E-state index contributed by atoms with van der Waals surface area (Å²) < 4.78 is 18.3. The summed E-state index contributed by atoms with van der Waals surface area (Å²) in [4.78, 5) is 23.5. The largest absolute Gasteiger partial charge is 0.493 e. The van der Waals surface area contributed by atoms with Crippen LogP contribution in [0.3, 0.4) is 0 Å². The summed E-state index contributed by atoms with van der Waals surface area (Å²) in [5, 5.41) is 0. The lowest BCUT2D eigenvalue weighted by atomic mass is 10.1. The molecule has 130 valence electrons. The van der Waals surface area contributed by atoms with E-state index in [1.165, 1.54) is 30.3 Å². The molecule has 0 saturated carbocycles. The Morgan fingerprint density at radius 2 is 1.80 bits per heavy atom. The fourth-order valence-electron chi connectivity index (χ4n) is 2.08. The van der Waals surface area contributed by atoms with Crippen molar-refractivity contribution in [2.45, 2.75) is 13.3 Å². The van der Waals surface area contributed by atoms with Crippen molar-refractivity contribution in [1.82, 2.24) is 10.9 Å².